The lowest BCUT2D eigenvalue weighted by atomic mass is 10.0. The van der Waals surface area contributed by atoms with E-state index < -0.39 is 15.3 Å². The number of sulfonamides is 1. The summed E-state index contributed by atoms with van der Waals surface area (Å²) in [6.07, 6.45) is 1.35. The fraction of sp³-hybridized carbons (Fsp3) is 0.476. The molecule has 0 spiro atoms. The number of Topliss-reactive ketones (excluding diaryl/α,β-unsaturated/α-hetero) is 2. The summed E-state index contributed by atoms with van der Waals surface area (Å²) < 4.78 is 27.1. The minimum absolute atomic E-state index is 0.0792. The van der Waals surface area contributed by atoms with Crippen molar-refractivity contribution in [2.75, 3.05) is 33.2 Å². The van der Waals surface area contributed by atoms with Gasteiger partial charge in [-0.2, -0.15) is 4.31 Å². The van der Waals surface area contributed by atoms with Crippen molar-refractivity contribution in [1.29, 1.82) is 0 Å². The second-order valence-corrected chi connectivity index (χ2v) is 11.1. The lowest BCUT2D eigenvalue weighted by Gasteiger charge is -2.31. The van der Waals surface area contributed by atoms with Gasteiger partial charge in [0.2, 0.25) is 10.0 Å². The number of nitrogens with one attached hydrogen (secondary N) is 1. The first-order valence-electron chi connectivity index (χ1n) is 10.1. The van der Waals surface area contributed by atoms with Crippen LogP contribution in [0.15, 0.2) is 28.3 Å². The summed E-state index contributed by atoms with van der Waals surface area (Å²) in [5.41, 5.74) is 2.32. The fourth-order valence-electron chi connectivity index (χ4n) is 3.73. The molecule has 31 heavy (non-hydrogen) atoms. The van der Waals surface area contributed by atoms with Crippen LogP contribution >= 0.6 is 11.8 Å². The maximum atomic E-state index is 12.9. The molecule has 3 rings (SSSR count). The van der Waals surface area contributed by atoms with Gasteiger partial charge in [0.15, 0.2) is 11.6 Å². The van der Waals surface area contributed by atoms with Crippen molar-refractivity contribution >= 4 is 33.4 Å². The van der Waals surface area contributed by atoms with Crippen LogP contribution in [0.4, 0.5) is 0 Å². The molecule has 8 nitrogen and oxygen atoms in total. The number of thioether (sulfide) groups is 1. The maximum absolute atomic E-state index is 12.9. The van der Waals surface area contributed by atoms with Gasteiger partial charge in [-0.3, -0.25) is 9.59 Å². The largest absolute Gasteiger partial charge is 0.355 e. The zero-order chi connectivity index (χ0) is 22.9. The maximum Gasteiger partial charge on any atom is 0.244 e. The topological polar surface area (TPSA) is 103 Å². The number of hydrogen-bond acceptors (Lipinski definition) is 7. The van der Waals surface area contributed by atoms with Gasteiger partial charge in [-0.15, -0.1) is 0 Å². The Bertz CT molecular complexity index is 1090. The standard InChI is InChI=1S/C21H28N4O4S2/c1-13-19(15(3)26)14(2)23-20(13)21(27)16(4)30-18-7-6-17(12-22-18)31(28,29)25-10-8-24(5)9-11-25/h6-7,12,16,23H,8-11H2,1-5H3/t16-/m0/s1. The minimum atomic E-state index is -3.57. The van der Waals surface area contributed by atoms with Crippen molar-refractivity contribution in [2.45, 2.75) is 42.9 Å². The van der Waals surface area contributed by atoms with Crippen LogP contribution in [0.2, 0.25) is 0 Å². The van der Waals surface area contributed by atoms with Crippen LogP contribution < -0.4 is 0 Å². The van der Waals surface area contributed by atoms with Crippen molar-refractivity contribution in [3.63, 3.8) is 0 Å². The molecule has 2 aromatic heterocycles. The van der Waals surface area contributed by atoms with Crippen LogP contribution in [0.3, 0.4) is 0 Å². The summed E-state index contributed by atoms with van der Waals surface area (Å²) in [6.45, 7) is 9.10. The Balaban J connectivity index is 1.72. The van der Waals surface area contributed by atoms with Gasteiger partial charge in [-0.05, 0) is 52.4 Å². The van der Waals surface area contributed by atoms with E-state index in [-0.39, 0.29) is 16.5 Å². The van der Waals surface area contributed by atoms with Crippen LogP contribution in [0.25, 0.3) is 0 Å². The zero-order valence-electron chi connectivity index (χ0n) is 18.4. The normalized spacial score (nSPS) is 16.9. The molecule has 0 bridgehead atoms. The molecule has 0 radical (unpaired) electrons. The summed E-state index contributed by atoms with van der Waals surface area (Å²) in [5, 5.41) is 0.107. The average molecular weight is 465 g/mol. The monoisotopic (exact) mass is 464 g/mol. The van der Waals surface area contributed by atoms with Gasteiger partial charge in [-0.1, -0.05) is 11.8 Å². The number of aromatic nitrogens is 2. The summed E-state index contributed by atoms with van der Waals surface area (Å²) in [5.74, 6) is -0.210. The van der Waals surface area contributed by atoms with Gasteiger partial charge in [0.05, 0.1) is 16.0 Å². The Morgan fingerprint density at radius 3 is 2.32 bits per heavy atom. The minimum Gasteiger partial charge on any atom is -0.355 e. The number of pyridine rings is 1. The number of likely N-dealkylation sites (N-methyl/N-ethyl adjacent to an activating group) is 1. The van der Waals surface area contributed by atoms with Crippen molar-refractivity contribution in [1.82, 2.24) is 19.2 Å². The molecule has 0 amide bonds. The number of aryl methyl sites for hydroxylation is 1. The number of H-pyrrole nitrogens is 1. The molecule has 2 aromatic rings. The molecule has 1 saturated heterocycles. The van der Waals surface area contributed by atoms with E-state index in [4.69, 9.17) is 0 Å². The molecule has 168 valence electrons. The third-order valence-electron chi connectivity index (χ3n) is 5.51. The van der Waals surface area contributed by atoms with Crippen LogP contribution in [0.1, 0.15) is 46.0 Å². The molecule has 0 aromatic carbocycles. The van der Waals surface area contributed by atoms with Crippen LogP contribution in [-0.2, 0) is 10.0 Å². The Hall–Kier alpha value is -2.01. The van der Waals surface area contributed by atoms with Gasteiger partial charge in [0.25, 0.3) is 0 Å². The fourth-order valence-corrected chi connectivity index (χ4v) is 5.94. The first-order valence-corrected chi connectivity index (χ1v) is 12.4. The summed E-state index contributed by atoms with van der Waals surface area (Å²) in [4.78, 5) is 34.3. The highest BCUT2D eigenvalue weighted by atomic mass is 32.2. The number of aromatic amines is 1. The van der Waals surface area contributed by atoms with E-state index in [0.29, 0.717) is 53.7 Å². The Morgan fingerprint density at radius 1 is 1.16 bits per heavy atom. The number of nitrogens with zero attached hydrogens (tertiary/aromatic N) is 3. The second kappa shape index (κ2) is 9.23. The van der Waals surface area contributed by atoms with E-state index in [9.17, 15) is 18.0 Å². The highest BCUT2D eigenvalue weighted by Crippen LogP contribution is 2.28. The molecule has 1 N–H and O–H groups in total. The molecule has 10 heteroatoms. The van der Waals surface area contributed by atoms with Crippen LogP contribution in [0.5, 0.6) is 0 Å². The van der Waals surface area contributed by atoms with E-state index in [2.05, 4.69) is 14.9 Å². The number of carbonyl (C=O) groups is 2. The van der Waals surface area contributed by atoms with Crippen molar-refractivity contribution < 1.29 is 18.0 Å². The molecule has 0 aliphatic carbocycles. The predicted molar refractivity (Wildman–Crippen MR) is 120 cm³/mol. The number of piperazine rings is 1. The molecule has 3 heterocycles. The van der Waals surface area contributed by atoms with E-state index in [1.807, 2.05) is 7.05 Å². The van der Waals surface area contributed by atoms with Gasteiger partial charge in [0.1, 0.15) is 4.90 Å². The second-order valence-electron chi connectivity index (χ2n) is 7.85. The third kappa shape index (κ3) is 4.92. The number of rotatable bonds is 7. The molecule has 1 aliphatic heterocycles. The Labute approximate surface area is 187 Å². The number of carbonyl (C=O) groups excluding carboxylic acids is 2. The average Bonchev–Trinajstić information content (AvgIpc) is 3.02. The number of hydrogen-bond donors (Lipinski definition) is 1. The number of ketones is 2. The van der Waals surface area contributed by atoms with Crippen LogP contribution in [0, 0.1) is 13.8 Å². The Morgan fingerprint density at radius 2 is 1.81 bits per heavy atom. The molecule has 0 saturated carbocycles. The molecule has 1 aliphatic rings. The van der Waals surface area contributed by atoms with Gasteiger partial charge in [-0.25, -0.2) is 13.4 Å². The quantitative estimate of drug-likeness (QED) is 0.496. The highest BCUT2D eigenvalue weighted by molar-refractivity contribution is 8.00. The summed E-state index contributed by atoms with van der Waals surface area (Å²) in [7, 11) is -1.61. The molecular weight excluding hydrogens is 436 g/mol. The lowest BCUT2D eigenvalue weighted by molar-refractivity contribution is 0.0988. The zero-order valence-corrected chi connectivity index (χ0v) is 20.1. The Kier molecular flexibility index (Phi) is 7.04. The van der Waals surface area contributed by atoms with Gasteiger partial charge in [0, 0.05) is 43.6 Å². The van der Waals surface area contributed by atoms with E-state index in [1.165, 1.54) is 35.3 Å². The van der Waals surface area contributed by atoms with E-state index >= 15 is 0 Å². The van der Waals surface area contributed by atoms with E-state index in [0.717, 1.165) is 0 Å². The lowest BCUT2D eigenvalue weighted by Crippen LogP contribution is -2.47. The van der Waals surface area contributed by atoms with Crippen molar-refractivity contribution in [2.24, 2.45) is 0 Å². The first-order chi connectivity index (χ1) is 14.5. The molecule has 1 fully saturated rings. The highest BCUT2D eigenvalue weighted by Gasteiger charge is 2.28. The van der Waals surface area contributed by atoms with Crippen molar-refractivity contribution in [3.8, 4) is 0 Å². The van der Waals surface area contributed by atoms with Crippen molar-refractivity contribution in [3.05, 3.63) is 40.8 Å². The van der Waals surface area contributed by atoms with Gasteiger partial charge >= 0.3 is 0 Å². The summed E-state index contributed by atoms with van der Waals surface area (Å²) in [6, 6.07) is 3.17. The third-order valence-corrected chi connectivity index (χ3v) is 8.44. The van der Waals surface area contributed by atoms with Crippen LogP contribution in [-0.4, -0.2) is 77.6 Å². The predicted octanol–water partition coefficient (Wildman–Crippen LogP) is 2.53. The molecular formula is C21H28N4O4S2. The first kappa shape index (κ1) is 23.6. The molecule has 0 unspecified atom stereocenters. The smallest absolute Gasteiger partial charge is 0.244 e. The van der Waals surface area contributed by atoms with E-state index in [1.54, 1.807) is 26.8 Å². The van der Waals surface area contributed by atoms with Gasteiger partial charge < -0.3 is 9.88 Å². The molecule has 1 atom stereocenters. The SMILES string of the molecule is CC(=O)c1c(C)[nH]c(C(=O)[C@H](C)Sc2ccc(S(=O)(=O)N3CCN(C)CC3)cn2)c1C. The summed E-state index contributed by atoms with van der Waals surface area (Å²) >= 11 is 1.25.